The van der Waals surface area contributed by atoms with Crippen LogP contribution in [0.3, 0.4) is 0 Å². The van der Waals surface area contributed by atoms with Crippen LogP contribution < -0.4 is 10.1 Å². The Labute approximate surface area is 119 Å². The molecule has 2 aromatic rings. The molecule has 0 aliphatic rings. The fourth-order valence-electron chi connectivity index (χ4n) is 1.89. The first-order valence-corrected chi connectivity index (χ1v) is 6.19. The van der Waals surface area contributed by atoms with E-state index < -0.39 is 6.36 Å². The van der Waals surface area contributed by atoms with Crippen molar-refractivity contribution in [3.05, 3.63) is 59.4 Å². The van der Waals surface area contributed by atoms with Gasteiger partial charge in [0, 0.05) is 17.8 Å². The highest BCUT2D eigenvalue weighted by Crippen LogP contribution is 2.27. The molecule has 0 saturated heterocycles. The van der Waals surface area contributed by atoms with Gasteiger partial charge in [-0.15, -0.1) is 13.2 Å². The summed E-state index contributed by atoms with van der Waals surface area (Å²) in [4.78, 5) is 0. The zero-order valence-electron chi connectivity index (χ0n) is 11.2. The highest BCUT2D eigenvalue weighted by atomic mass is 19.4. The summed E-state index contributed by atoms with van der Waals surface area (Å²) < 4.78 is 53.9. The van der Waals surface area contributed by atoms with Crippen LogP contribution in [0.2, 0.25) is 0 Å². The third-order valence-electron chi connectivity index (χ3n) is 2.86. The molecule has 112 valence electrons. The lowest BCUT2D eigenvalue weighted by atomic mass is 10.1. The maximum atomic E-state index is 13.0. The second-order valence-corrected chi connectivity index (χ2v) is 4.47. The Kier molecular flexibility index (Phi) is 4.35. The molecule has 0 spiro atoms. The molecular weight excluding hydrogens is 286 g/mol. The quantitative estimate of drug-likeness (QED) is 0.830. The first kappa shape index (κ1) is 15.2. The number of alkyl halides is 3. The molecule has 0 amide bonds. The lowest BCUT2D eigenvalue weighted by Gasteiger charge is -2.15. The summed E-state index contributed by atoms with van der Waals surface area (Å²) in [6, 6.07) is 10.0. The van der Waals surface area contributed by atoms with Crippen molar-refractivity contribution in [2.75, 3.05) is 5.32 Å². The molecule has 2 rings (SSSR count). The van der Waals surface area contributed by atoms with E-state index in [1.54, 1.807) is 13.0 Å². The Morgan fingerprint density at radius 2 is 1.81 bits per heavy atom. The van der Waals surface area contributed by atoms with Crippen LogP contribution in [0, 0.1) is 12.7 Å². The Bertz CT molecular complexity index is 625. The van der Waals surface area contributed by atoms with Crippen molar-refractivity contribution in [1.29, 1.82) is 0 Å². The van der Waals surface area contributed by atoms with E-state index in [1.165, 1.54) is 36.4 Å². The summed E-state index contributed by atoms with van der Waals surface area (Å²) in [6.45, 7) is 1.85. The molecule has 6 heteroatoms. The summed E-state index contributed by atoms with van der Waals surface area (Å²) >= 11 is 0. The fraction of sp³-hybridized carbons (Fsp3) is 0.200. The second-order valence-electron chi connectivity index (χ2n) is 4.47. The van der Waals surface area contributed by atoms with E-state index in [1.807, 2.05) is 0 Å². The van der Waals surface area contributed by atoms with Crippen molar-refractivity contribution in [1.82, 2.24) is 0 Å². The summed E-state index contributed by atoms with van der Waals surface area (Å²) in [5, 5.41) is 2.97. The molecule has 0 saturated carbocycles. The minimum absolute atomic E-state index is 0.138. The molecule has 0 fully saturated rings. The van der Waals surface area contributed by atoms with Crippen LogP contribution in [0.5, 0.6) is 5.75 Å². The lowest BCUT2D eigenvalue weighted by Crippen LogP contribution is -2.18. The zero-order chi connectivity index (χ0) is 15.5. The smallest absolute Gasteiger partial charge is 0.405 e. The van der Waals surface area contributed by atoms with Gasteiger partial charge in [-0.3, -0.25) is 0 Å². The molecule has 0 aromatic heterocycles. The van der Waals surface area contributed by atoms with Gasteiger partial charge in [0.25, 0.3) is 0 Å². The number of nitrogens with one attached hydrogen (secondary N) is 1. The van der Waals surface area contributed by atoms with Gasteiger partial charge in [-0.2, -0.15) is 0 Å². The van der Waals surface area contributed by atoms with Gasteiger partial charge >= 0.3 is 6.36 Å². The van der Waals surface area contributed by atoms with E-state index >= 15 is 0 Å². The topological polar surface area (TPSA) is 21.3 Å². The van der Waals surface area contributed by atoms with Crippen molar-refractivity contribution in [3.8, 4) is 5.75 Å². The monoisotopic (exact) mass is 299 g/mol. The summed E-state index contributed by atoms with van der Waals surface area (Å²) in [7, 11) is 0. The molecule has 0 aliphatic heterocycles. The predicted octanol–water partition coefficient (Wildman–Crippen LogP) is 4.64. The third-order valence-corrected chi connectivity index (χ3v) is 2.86. The molecule has 0 bridgehead atoms. The molecule has 1 N–H and O–H groups in total. The molecule has 0 radical (unpaired) electrons. The van der Waals surface area contributed by atoms with Crippen molar-refractivity contribution >= 4 is 5.69 Å². The van der Waals surface area contributed by atoms with Gasteiger partial charge in [-0.05, 0) is 36.8 Å². The number of rotatable bonds is 4. The van der Waals surface area contributed by atoms with Crippen LogP contribution in [0.1, 0.15) is 11.1 Å². The van der Waals surface area contributed by atoms with Crippen molar-refractivity contribution in [2.45, 2.75) is 19.8 Å². The second kappa shape index (κ2) is 6.03. The lowest BCUT2D eigenvalue weighted by molar-refractivity contribution is -0.274. The maximum absolute atomic E-state index is 13.0. The fourth-order valence-corrected chi connectivity index (χ4v) is 1.89. The van der Waals surface area contributed by atoms with E-state index in [2.05, 4.69) is 10.1 Å². The number of aryl methyl sites for hydroxylation is 1. The number of hydrogen-bond donors (Lipinski definition) is 1. The Morgan fingerprint density at radius 1 is 1.10 bits per heavy atom. The van der Waals surface area contributed by atoms with E-state index in [-0.39, 0.29) is 18.1 Å². The normalized spacial score (nSPS) is 11.3. The molecule has 0 atom stereocenters. The van der Waals surface area contributed by atoms with Gasteiger partial charge in [-0.25, -0.2) is 4.39 Å². The summed E-state index contributed by atoms with van der Waals surface area (Å²) in [5.74, 6) is -0.615. The van der Waals surface area contributed by atoms with Gasteiger partial charge in [0.1, 0.15) is 11.6 Å². The molecule has 21 heavy (non-hydrogen) atoms. The first-order chi connectivity index (χ1) is 9.85. The molecule has 0 heterocycles. The van der Waals surface area contributed by atoms with Crippen LogP contribution in [0.15, 0.2) is 42.5 Å². The number of hydrogen-bond acceptors (Lipinski definition) is 2. The Balaban J connectivity index is 2.13. The van der Waals surface area contributed by atoms with Gasteiger partial charge < -0.3 is 10.1 Å². The number of benzene rings is 2. The highest BCUT2D eigenvalue weighted by molar-refractivity contribution is 5.51. The number of halogens is 4. The van der Waals surface area contributed by atoms with Crippen LogP contribution in [0.25, 0.3) is 0 Å². The first-order valence-electron chi connectivity index (χ1n) is 6.19. The number of ether oxygens (including phenoxy) is 1. The van der Waals surface area contributed by atoms with Gasteiger partial charge in [-0.1, -0.05) is 18.2 Å². The van der Waals surface area contributed by atoms with Crippen LogP contribution in [-0.2, 0) is 6.54 Å². The minimum Gasteiger partial charge on any atom is -0.405 e. The van der Waals surface area contributed by atoms with E-state index in [4.69, 9.17) is 0 Å². The minimum atomic E-state index is -4.73. The summed E-state index contributed by atoms with van der Waals surface area (Å²) in [5.41, 5.74) is 1.68. The standard InChI is InChI=1S/C15H13F4NO/c1-10-8-12(16)6-7-13(10)20-9-11-4-2-3-5-14(11)21-15(17,18)19/h2-8,20H,9H2,1H3. The van der Waals surface area contributed by atoms with Gasteiger partial charge in [0.15, 0.2) is 0 Å². The Hall–Kier alpha value is -2.24. The summed E-state index contributed by atoms with van der Waals surface area (Å²) in [6.07, 6.45) is -4.73. The average Bonchev–Trinajstić information content (AvgIpc) is 2.37. The van der Waals surface area contributed by atoms with Gasteiger partial charge in [0.05, 0.1) is 0 Å². The van der Waals surface area contributed by atoms with Crippen LogP contribution in [-0.4, -0.2) is 6.36 Å². The Morgan fingerprint density at radius 3 is 2.48 bits per heavy atom. The van der Waals surface area contributed by atoms with Crippen molar-refractivity contribution in [3.63, 3.8) is 0 Å². The van der Waals surface area contributed by atoms with E-state index in [0.717, 1.165) is 0 Å². The molecule has 2 nitrogen and oxygen atoms in total. The van der Waals surface area contributed by atoms with Crippen LogP contribution in [0.4, 0.5) is 23.2 Å². The SMILES string of the molecule is Cc1cc(F)ccc1NCc1ccccc1OC(F)(F)F. The number of para-hydroxylation sites is 1. The molecule has 0 unspecified atom stereocenters. The zero-order valence-corrected chi connectivity index (χ0v) is 11.2. The average molecular weight is 299 g/mol. The van der Waals surface area contributed by atoms with Crippen LogP contribution >= 0.6 is 0 Å². The highest BCUT2D eigenvalue weighted by Gasteiger charge is 2.31. The molecule has 2 aromatic carbocycles. The maximum Gasteiger partial charge on any atom is 0.573 e. The predicted molar refractivity (Wildman–Crippen MR) is 71.6 cm³/mol. The van der Waals surface area contributed by atoms with Gasteiger partial charge in [0.2, 0.25) is 0 Å². The van der Waals surface area contributed by atoms with E-state index in [0.29, 0.717) is 16.8 Å². The van der Waals surface area contributed by atoms with Crippen molar-refractivity contribution < 1.29 is 22.3 Å². The molecule has 0 aliphatic carbocycles. The van der Waals surface area contributed by atoms with E-state index in [9.17, 15) is 17.6 Å². The molecular formula is C15H13F4NO. The number of anilines is 1. The van der Waals surface area contributed by atoms with Crippen molar-refractivity contribution in [2.24, 2.45) is 0 Å². The third kappa shape index (κ3) is 4.37. The largest absolute Gasteiger partial charge is 0.573 e.